The number of carboxylic acids is 1. The predicted octanol–water partition coefficient (Wildman–Crippen LogP) is 4.21. The third-order valence-electron chi connectivity index (χ3n) is 4.87. The SMILES string of the molecule is COc1ccc(CC(=O)O)cc1-c1ccc(Br)cc1CNCCC(=O)C1CC1. The van der Waals surface area contributed by atoms with Crippen molar-refractivity contribution in [1.82, 2.24) is 5.32 Å². The number of carbonyl (C=O) groups is 2. The maximum atomic E-state index is 11.9. The van der Waals surface area contributed by atoms with Gasteiger partial charge in [-0.1, -0.05) is 28.1 Å². The molecule has 5 nitrogen and oxygen atoms in total. The lowest BCUT2D eigenvalue weighted by Gasteiger charge is -2.15. The Labute approximate surface area is 173 Å². The zero-order valence-corrected chi connectivity index (χ0v) is 17.4. The lowest BCUT2D eigenvalue weighted by atomic mass is 9.96. The molecule has 6 heteroatoms. The molecule has 0 amide bonds. The molecule has 1 saturated carbocycles. The summed E-state index contributed by atoms with van der Waals surface area (Å²) in [6.07, 6.45) is 2.61. The van der Waals surface area contributed by atoms with Crippen molar-refractivity contribution in [3.63, 3.8) is 0 Å². The van der Waals surface area contributed by atoms with Gasteiger partial charge in [0.05, 0.1) is 13.5 Å². The highest BCUT2D eigenvalue weighted by Crippen LogP contribution is 2.35. The van der Waals surface area contributed by atoms with Gasteiger partial charge < -0.3 is 15.2 Å². The molecule has 1 fully saturated rings. The highest BCUT2D eigenvalue weighted by atomic mass is 79.9. The van der Waals surface area contributed by atoms with Crippen molar-refractivity contribution in [3.05, 3.63) is 52.0 Å². The van der Waals surface area contributed by atoms with E-state index in [4.69, 9.17) is 9.84 Å². The van der Waals surface area contributed by atoms with E-state index in [2.05, 4.69) is 21.2 Å². The molecule has 0 saturated heterocycles. The molecule has 0 bridgehead atoms. The molecular formula is C22H24BrNO4. The molecule has 148 valence electrons. The fourth-order valence-corrected chi connectivity index (χ4v) is 3.67. The molecule has 0 unspecified atom stereocenters. The molecule has 2 aromatic carbocycles. The Morgan fingerprint density at radius 1 is 1.18 bits per heavy atom. The lowest BCUT2D eigenvalue weighted by Crippen LogP contribution is -2.19. The van der Waals surface area contributed by atoms with Gasteiger partial charge in [-0.2, -0.15) is 0 Å². The van der Waals surface area contributed by atoms with E-state index >= 15 is 0 Å². The van der Waals surface area contributed by atoms with E-state index in [-0.39, 0.29) is 6.42 Å². The molecule has 0 aliphatic heterocycles. The van der Waals surface area contributed by atoms with Gasteiger partial charge >= 0.3 is 5.97 Å². The van der Waals surface area contributed by atoms with Gasteiger partial charge in [-0.15, -0.1) is 0 Å². The van der Waals surface area contributed by atoms with E-state index in [0.717, 1.165) is 39.6 Å². The van der Waals surface area contributed by atoms with E-state index < -0.39 is 5.97 Å². The van der Waals surface area contributed by atoms with Crippen LogP contribution in [-0.2, 0) is 22.6 Å². The van der Waals surface area contributed by atoms with Crippen molar-refractivity contribution < 1.29 is 19.4 Å². The molecule has 0 spiro atoms. The van der Waals surface area contributed by atoms with Crippen LogP contribution in [-0.4, -0.2) is 30.5 Å². The highest BCUT2D eigenvalue weighted by molar-refractivity contribution is 9.10. The van der Waals surface area contributed by atoms with Gasteiger partial charge in [0.1, 0.15) is 11.5 Å². The second kappa shape index (κ2) is 9.34. The number of aliphatic carboxylic acids is 1. The minimum absolute atomic E-state index is 0.0373. The number of halogens is 1. The summed E-state index contributed by atoms with van der Waals surface area (Å²) in [5.74, 6) is 0.477. The van der Waals surface area contributed by atoms with Crippen LogP contribution in [0.25, 0.3) is 11.1 Å². The number of ketones is 1. The average Bonchev–Trinajstić information content (AvgIpc) is 3.50. The third kappa shape index (κ3) is 5.42. The Kier molecular flexibility index (Phi) is 6.86. The van der Waals surface area contributed by atoms with E-state index in [1.807, 2.05) is 24.3 Å². The highest BCUT2D eigenvalue weighted by Gasteiger charge is 2.28. The molecule has 0 radical (unpaired) electrons. The van der Waals surface area contributed by atoms with Gasteiger partial charge in [-0.05, 0) is 53.8 Å². The maximum absolute atomic E-state index is 11.9. The monoisotopic (exact) mass is 445 g/mol. The molecule has 3 rings (SSSR count). The summed E-state index contributed by atoms with van der Waals surface area (Å²) in [5, 5.41) is 12.5. The minimum atomic E-state index is -0.867. The number of rotatable bonds is 10. The van der Waals surface area contributed by atoms with Gasteiger partial charge in [0.15, 0.2) is 0 Å². The van der Waals surface area contributed by atoms with Gasteiger partial charge in [0, 0.05) is 35.5 Å². The van der Waals surface area contributed by atoms with Crippen LogP contribution in [0.1, 0.15) is 30.4 Å². The molecule has 0 heterocycles. The fraction of sp³-hybridized carbons (Fsp3) is 0.364. The number of hydrogen-bond acceptors (Lipinski definition) is 4. The molecule has 0 atom stereocenters. The summed E-state index contributed by atoms with van der Waals surface area (Å²) in [6.45, 7) is 1.26. The first kappa shape index (κ1) is 20.6. The third-order valence-corrected chi connectivity index (χ3v) is 5.37. The van der Waals surface area contributed by atoms with E-state index in [0.29, 0.717) is 37.0 Å². The van der Waals surface area contributed by atoms with Crippen LogP contribution in [0, 0.1) is 5.92 Å². The van der Waals surface area contributed by atoms with Gasteiger partial charge in [-0.3, -0.25) is 9.59 Å². The Balaban J connectivity index is 1.80. The van der Waals surface area contributed by atoms with Crippen LogP contribution >= 0.6 is 15.9 Å². The number of carboxylic acid groups (broad SMARTS) is 1. The van der Waals surface area contributed by atoms with E-state index in [1.54, 1.807) is 19.2 Å². The second-order valence-corrected chi connectivity index (χ2v) is 7.99. The number of nitrogens with one attached hydrogen (secondary N) is 1. The van der Waals surface area contributed by atoms with Crippen molar-refractivity contribution in [1.29, 1.82) is 0 Å². The standard InChI is InChI=1S/C22H24BrNO4/c1-28-21-7-2-14(11-22(26)27)10-19(21)18-6-5-17(23)12-16(18)13-24-9-8-20(25)15-3-4-15/h2,5-7,10,12,15,24H,3-4,8-9,11,13H2,1H3,(H,26,27). The molecule has 2 N–H and O–H groups in total. The Bertz CT molecular complexity index is 877. The van der Waals surface area contributed by atoms with Crippen molar-refractivity contribution in [3.8, 4) is 16.9 Å². The topological polar surface area (TPSA) is 75.6 Å². The number of Topliss-reactive ketones (excluding diaryl/α,β-unsaturated/α-hetero) is 1. The molecule has 2 aromatic rings. The summed E-state index contributed by atoms with van der Waals surface area (Å²) in [4.78, 5) is 22.9. The summed E-state index contributed by atoms with van der Waals surface area (Å²) >= 11 is 3.52. The van der Waals surface area contributed by atoms with Crippen LogP contribution < -0.4 is 10.1 Å². The van der Waals surface area contributed by atoms with Crippen LogP contribution in [0.15, 0.2) is 40.9 Å². The van der Waals surface area contributed by atoms with Crippen molar-refractivity contribution in [2.75, 3.05) is 13.7 Å². The largest absolute Gasteiger partial charge is 0.496 e. The zero-order valence-electron chi connectivity index (χ0n) is 15.8. The number of benzene rings is 2. The molecule has 0 aromatic heterocycles. The predicted molar refractivity (Wildman–Crippen MR) is 112 cm³/mol. The molecular weight excluding hydrogens is 422 g/mol. The van der Waals surface area contributed by atoms with Crippen molar-refractivity contribution >= 4 is 27.7 Å². The number of methoxy groups -OCH3 is 1. The normalized spacial score (nSPS) is 13.4. The van der Waals surface area contributed by atoms with Crippen molar-refractivity contribution in [2.24, 2.45) is 5.92 Å². The number of ether oxygens (including phenoxy) is 1. The van der Waals surface area contributed by atoms with Gasteiger partial charge in [0.2, 0.25) is 0 Å². The molecule has 1 aliphatic carbocycles. The van der Waals surface area contributed by atoms with E-state index in [1.165, 1.54) is 0 Å². The summed E-state index contributed by atoms with van der Waals surface area (Å²) in [7, 11) is 1.61. The smallest absolute Gasteiger partial charge is 0.307 e. The lowest BCUT2D eigenvalue weighted by molar-refractivity contribution is -0.136. The minimum Gasteiger partial charge on any atom is -0.496 e. The fourth-order valence-electron chi connectivity index (χ4n) is 3.27. The average molecular weight is 446 g/mol. The van der Waals surface area contributed by atoms with Gasteiger partial charge in [0.25, 0.3) is 0 Å². The number of hydrogen-bond donors (Lipinski definition) is 2. The molecule has 1 aliphatic rings. The summed E-state index contributed by atoms with van der Waals surface area (Å²) in [6, 6.07) is 11.4. The molecule has 28 heavy (non-hydrogen) atoms. The Morgan fingerprint density at radius 2 is 1.96 bits per heavy atom. The Hall–Kier alpha value is -2.18. The Morgan fingerprint density at radius 3 is 2.64 bits per heavy atom. The maximum Gasteiger partial charge on any atom is 0.307 e. The first-order valence-electron chi connectivity index (χ1n) is 9.39. The van der Waals surface area contributed by atoms with Gasteiger partial charge in [-0.25, -0.2) is 0 Å². The van der Waals surface area contributed by atoms with Crippen LogP contribution in [0.4, 0.5) is 0 Å². The summed E-state index contributed by atoms with van der Waals surface area (Å²) < 4.78 is 6.47. The van der Waals surface area contributed by atoms with Crippen LogP contribution in [0.2, 0.25) is 0 Å². The van der Waals surface area contributed by atoms with Crippen molar-refractivity contribution in [2.45, 2.75) is 32.2 Å². The second-order valence-electron chi connectivity index (χ2n) is 7.07. The zero-order chi connectivity index (χ0) is 20.1. The van der Waals surface area contributed by atoms with Crippen LogP contribution in [0.3, 0.4) is 0 Å². The van der Waals surface area contributed by atoms with Crippen LogP contribution in [0.5, 0.6) is 5.75 Å². The van der Waals surface area contributed by atoms with E-state index in [9.17, 15) is 9.59 Å². The first-order valence-corrected chi connectivity index (χ1v) is 10.2. The number of carbonyl (C=O) groups excluding carboxylic acids is 1. The summed E-state index contributed by atoms with van der Waals surface area (Å²) in [5.41, 5.74) is 3.62. The first-order chi connectivity index (χ1) is 13.5. The quantitative estimate of drug-likeness (QED) is 0.535.